The van der Waals surface area contributed by atoms with Gasteiger partial charge in [0.25, 0.3) is 0 Å². The maximum atomic E-state index is 3.04. The van der Waals surface area contributed by atoms with Gasteiger partial charge in [0.05, 0.1) is 0 Å². The number of rotatable bonds is 4. The molecule has 0 aromatic heterocycles. The van der Waals surface area contributed by atoms with Gasteiger partial charge in [0.15, 0.2) is 0 Å². The Labute approximate surface area is 51.1 Å². The quantitative estimate of drug-likeness (QED) is 0.475. The van der Waals surface area contributed by atoms with E-state index >= 15 is 0 Å². The first-order valence-corrected chi connectivity index (χ1v) is 2.79. The molecule has 0 saturated carbocycles. The van der Waals surface area contributed by atoms with E-state index in [2.05, 4.69) is 15.5 Å². The van der Waals surface area contributed by atoms with E-state index in [1.807, 2.05) is 21.1 Å². The Morgan fingerprint density at radius 1 is 1.12 bits per heavy atom. The molecule has 0 aliphatic carbocycles. The standard InChI is InChI=1S/C5H15N3/c1-6-4-8(3)5-7-2/h6-7H,4-5H2,1-3H3. The molecule has 0 aromatic rings. The van der Waals surface area contributed by atoms with Crippen LogP contribution < -0.4 is 10.6 Å². The summed E-state index contributed by atoms with van der Waals surface area (Å²) >= 11 is 0. The monoisotopic (exact) mass is 117 g/mol. The molecule has 3 nitrogen and oxygen atoms in total. The van der Waals surface area contributed by atoms with Gasteiger partial charge in [-0.2, -0.15) is 0 Å². The molecule has 8 heavy (non-hydrogen) atoms. The Morgan fingerprint density at radius 3 is 1.75 bits per heavy atom. The van der Waals surface area contributed by atoms with Crippen molar-refractivity contribution in [3.05, 3.63) is 0 Å². The Kier molecular flexibility index (Phi) is 4.95. The van der Waals surface area contributed by atoms with Gasteiger partial charge in [0.2, 0.25) is 0 Å². The third-order valence-corrected chi connectivity index (χ3v) is 0.856. The van der Waals surface area contributed by atoms with Gasteiger partial charge in [-0.15, -0.1) is 0 Å². The zero-order valence-electron chi connectivity index (χ0n) is 5.86. The van der Waals surface area contributed by atoms with Crippen LogP contribution in [0, 0.1) is 0 Å². The number of nitrogens with zero attached hydrogens (tertiary/aromatic N) is 1. The van der Waals surface area contributed by atoms with Crippen molar-refractivity contribution in [3.8, 4) is 0 Å². The summed E-state index contributed by atoms with van der Waals surface area (Å²) in [5.74, 6) is 0. The van der Waals surface area contributed by atoms with E-state index < -0.39 is 0 Å². The third-order valence-electron chi connectivity index (χ3n) is 0.856. The fourth-order valence-electron chi connectivity index (χ4n) is 0.596. The van der Waals surface area contributed by atoms with E-state index in [9.17, 15) is 0 Å². The molecule has 0 atom stereocenters. The van der Waals surface area contributed by atoms with Gasteiger partial charge < -0.3 is 10.6 Å². The second kappa shape index (κ2) is 5.03. The SMILES string of the molecule is CNCN(C)CNC. The predicted molar refractivity (Wildman–Crippen MR) is 35.6 cm³/mol. The molecule has 50 valence electrons. The highest BCUT2D eigenvalue weighted by molar-refractivity contribution is 4.40. The van der Waals surface area contributed by atoms with Crippen LogP contribution in [-0.4, -0.2) is 39.4 Å². The van der Waals surface area contributed by atoms with E-state index in [-0.39, 0.29) is 0 Å². The second-order valence-corrected chi connectivity index (χ2v) is 1.88. The molecule has 0 bridgehead atoms. The van der Waals surface area contributed by atoms with E-state index in [1.165, 1.54) is 0 Å². The molecule has 0 aromatic carbocycles. The highest BCUT2D eigenvalue weighted by Crippen LogP contribution is 1.69. The minimum absolute atomic E-state index is 0.931. The van der Waals surface area contributed by atoms with Gasteiger partial charge in [-0.05, 0) is 21.1 Å². The summed E-state index contributed by atoms with van der Waals surface area (Å²) in [6, 6.07) is 0. The summed E-state index contributed by atoms with van der Waals surface area (Å²) in [6.45, 7) is 1.86. The fourth-order valence-corrected chi connectivity index (χ4v) is 0.596. The van der Waals surface area contributed by atoms with E-state index in [0.29, 0.717) is 0 Å². The Bertz CT molecular complexity index is 40.9. The number of nitrogens with one attached hydrogen (secondary N) is 2. The maximum Gasteiger partial charge on any atom is 0.0486 e. The topological polar surface area (TPSA) is 27.3 Å². The van der Waals surface area contributed by atoms with E-state index in [0.717, 1.165) is 13.3 Å². The van der Waals surface area contributed by atoms with Crippen molar-refractivity contribution in [2.75, 3.05) is 34.5 Å². The van der Waals surface area contributed by atoms with Crippen LogP contribution in [0.25, 0.3) is 0 Å². The first-order valence-electron chi connectivity index (χ1n) is 2.79. The lowest BCUT2D eigenvalue weighted by Crippen LogP contribution is -2.34. The zero-order chi connectivity index (χ0) is 6.41. The molecule has 0 spiro atoms. The van der Waals surface area contributed by atoms with Crippen LogP contribution in [0.4, 0.5) is 0 Å². The highest BCUT2D eigenvalue weighted by Gasteiger charge is 1.88. The Hall–Kier alpha value is -0.120. The largest absolute Gasteiger partial charge is 0.307 e. The molecule has 0 heterocycles. The van der Waals surface area contributed by atoms with Gasteiger partial charge in [-0.3, -0.25) is 4.90 Å². The van der Waals surface area contributed by atoms with Crippen LogP contribution in [0.2, 0.25) is 0 Å². The van der Waals surface area contributed by atoms with Gasteiger partial charge in [-0.1, -0.05) is 0 Å². The molecule has 3 heteroatoms. The smallest absolute Gasteiger partial charge is 0.0486 e. The van der Waals surface area contributed by atoms with E-state index in [1.54, 1.807) is 0 Å². The highest BCUT2D eigenvalue weighted by atomic mass is 15.2. The molecule has 0 aliphatic heterocycles. The first kappa shape index (κ1) is 7.88. The summed E-state index contributed by atoms with van der Waals surface area (Å²) in [5.41, 5.74) is 0. The van der Waals surface area contributed by atoms with Crippen LogP contribution >= 0.6 is 0 Å². The van der Waals surface area contributed by atoms with Crippen molar-refractivity contribution in [2.45, 2.75) is 0 Å². The molecule has 0 unspecified atom stereocenters. The minimum atomic E-state index is 0.931. The lowest BCUT2D eigenvalue weighted by molar-refractivity contribution is 0.302. The maximum absolute atomic E-state index is 3.04. The van der Waals surface area contributed by atoms with Gasteiger partial charge in [0, 0.05) is 13.3 Å². The number of hydrogen-bond donors (Lipinski definition) is 2. The first-order chi connectivity index (χ1) is 3.81. The minimum Gasteiger partial charge on any atom is -0.307 e. The van der Waals surface area contributed by atoms with Crippen molar-refractivity contribution >= 4 is 0 Å². The van der Waals surface area contributed by atoms with Crippen LogP contribution in [0.15, 0.2) is 0 Å². The molecule has 0 fully saturated rings. The van der Waals surface area contributed by atoms with Crippen molar-refractivity contribution < 1.29 is 0 Å². The van der Waals surface area contributed by atoms with Crippen LogP contribution in [0.5, 0.6) is 0 Å². The fraction of sp³-hybridized carbons (Fsp3) is 1.00. The molecule has 0 saturated heterocycles. The summed E-state index contributed by atoms with van der Waals surface area (Å²) in [5, 5.41) is 6.08. The molecular formula is C5H15N3. The third kappa shape index (κ3) is 4.05. The average Bonchev–Trinajstić information content (AvgIpc) is 1.68. The molecule has 2 N–H and O–H groups in total. The lowest BCUT2D eigenvalue weighted by Gasteiger charge is -2.13. The zero-order valence-corrected chi connectivity index (χ0v) is 5.86. The van der Waals surface area contributed by atoms with Gasteiger partial charge in [-0.25, -0.2) is 0 Å². The van der Waals surface area contributed by atoms with Gasteiger partial charge in [0.1, 0.15) is 0 Å². The predicted octanol–water partition coefficient (Wildman–Crippen LogP) is -0.728. The molecule has 0 aliphatic rings. The van der Waals surface area contributed by atoms with Crippen LogP contribution in [0.3, 0.4) is 0 Å². The molecule has 0 radical (unpaired) electrons. The normalized spacial score (nSPS) is 10.5. The van der Waals surface area contributed by atoms with Crippen molar-refractivity contribution in [1.82, 2.24) is 15.5 Å². The Morgan fingerprint density at radius 2 is 1.50 bits per heavy atom. The van der Waals surface area contributed by atoms with Crippen LogP contribution in [-0.2, 0) is 0 Å². The summed E-state index contributed by atoms with van der Waals surface area (Å²) in [7, 11) is 5.92. The molecular weight excluding hydrogens is 102 g/mol. The summed E-state index contributed by atoms with van der Waals surface area (Å²) < 4.78 is 0. The van der Waals surface area contributed by atoms with Crippen molar-refractivity contribution in [1.29, 1.82) is 0 Å². The van der Waals surface area contributed by atoms with Gasteiger partial charge >= 0.3 is 0 Å². The summed E-state index contributed by atoms with van der Waals surface area (Å²) in [6.07, 6.45) is 0. The summed E-state index contributed by atoms with van der Waals surface area (Å²) in [4.78, 5) is 2.14. The van der Waals surface area contributed by atoms with Crippen molar-refractivity contribution in [3.63, 3.8) is 0 Å². The van der Waals surface area contributed by atoms with E-state index in [4.69, 9.17) is 0 Å². The molecule has 0 rings (SSSR count). The van der Waals surface area contributed by atoms with Crippen LogP contribution in [0.1, 0.15) is 0 Å². The average molecular weight is 117 g/mol. The second-order valence-electron chi connectivity index (χ2n) is 1.88. The van der Waals surface area contributed by atoms with Crippen molar-refractivity contribution in [2.24, 2.45) is 0 Å². The number of hydrogen-bond acceptors (Lipinski definition) is 3. The lowest BCUT2D eigenvalue weighted by atomic mass is 10.8. The Balaban J connectivity index is 2.92. The molecule has 0 amide bonds.